The minimum absolute atomic E-state index is 0.0332. The van der Waals surface area contributed by atoms with Crippen molar-refractivity contribution in [2.24, 2.45) is 28.4 Å². The first kappa shape index (κ1) is 101. The smallest absolute Gasteiger partial charge is 0.426 e. The molecule has 700 valence electrons. The third-order valence-corrected chi connectivity index (χ3v) is 28.1. The number of hydrazine groups is 1. The summed E-state index contributed by atoms with van der Waals surface area (Å²) in [6.45, 7) is 11.8. The number of likely N-dealkylation sites (N-methyl/N-ethyl adjacent to an activating group) is 1. The number of ether oxygens (including phenoxy) is 3. The maximum Gasteiger partial charge on any atom is 0.426 e. The van der Waals surface area contributed by atoms with Crippen LogP contribution >= 0.6 is 21.6 Å². The molecule has 4 aromatic carbocycles. The van der Waals surface area contributed by atoms with Gasteiger partial charge in [-0.2, -0.15) is 9.59 Å². The number of nitrogens with zero attached hydrogens (tertiary/aromatic N) is 3. The molecule has 4 fully saturated rings. The van der Waals surface area contributed by atoms with E-state index in [1.165, 1.54) is 12.0 Å². The number of aliphatic carboxylic acids is 4. The van der Waals surface area contributed by atoms with Crippen molar-refractivity contribution < 1.29 is 122 Å². The van der Waals surface area contributed by atoms with Gasteiger partial charge in [-0.25, -0.2) is 19.8 Å². The van der Waals surface area contributed by atoms with Crippen LogP contribution in [0.25, 0.3) is 10.9 Å². The van der Waals surface area contributed by atoms with Crippen LogP contribution in [0, 0.1) is 22.7 Å². The number of hydrogen-bond donors (Lipinski definition) is 16. The van der Waals surface area contributed by atoms with Crippen LogP contribution in [0.4, 0.5) is 15.3 Å². The number of aliphatic hydroxyl groups is 2. The van der Waals surface area contributed by atoms with Crippen molar-refractivity contribution in [2.45, 2.75) is 209 Å². The van der Waals surface area contributed by atoms with Gasteiger partial charge in [-0.15, -0.1) is 0 Å². The molecule has 10 rings (SSSR count). The zero-order valence-electron chi connectivity index (χ0n) is 72.9. The number of nitrogens with one attached hydrogen (secondary N) is 9. The largest absolute Gasteiger partial charge is 0.496 e. The fraction of sp³-hybridized carbons (Fsp3) is 0.539. The molecule has 38 nitrogen and oxygen atoms in total. The molecule has 3 saturated heterocycles. The quantitative estimate of drug-likeness (QED) is 0.00847. The lowest BCUT2D eigenvalue weighted by Gasteiger charge is -2.64. The highest BCUT2D eigenvalue weighted by Gasteiger charge is 2.79. The Morgan fingerprint density at radius 1 is 0.698 bits per heavy atom. The van der Waals surface area contributed by atoms with Gasteiger partial charge in [-0.1, -0.05) is 128 Å². The van der Waals surface area contributed by atoms with E-state index in [0.717, 1.165) is 94.0 Å². The number of carbonyl (C=O) groups excluding carboxylic acids is 12. The molecule has 1 saturated carbocycles. The maximum atomic E-state index is 15.2. The Labute approximate surface area is 753 Å². The number of ketones is 2. The third-order valence-electron chi connectivity index (χ3n) is 25.6. The molecule has 1 aromatic heterocycles. The molecular weight excluding hydrogens is 1720 g/mol. The van der Waals surface area contributed by atoms with Crippen LogP contribution in [0.15, 0.2) is 97.1 Å². The summed E-state index contributed by atoms with van der Waals surface area (Å²) in [5, 5.41) is 80.7. The highest BCUT2D eigenvalue weighted by atomic mass is 33.1. The second kappa shape index (κ2) is 46.6. The first-order valence-corrected chi connectivity index (χ1v) is 45.5. The number of H-pyrrole nitrogens is 1. The van der Waals surface area contributed by atoms with Gasteiger partial charge in [0.25, 0.3) is 12.4 Å². The molecule has 5 aromatic rings. The summed E-state index contributed by atoms with van der Waals surface area (Å²) in [5.74, 6) is -14.0. The van der Waals surface area contributed by atoms with Crippen molar-refractivity contribution in [3.8, 4) is 5.75 Å². The van der Waals surface area contributed by atoms with E-state index in [4.69, 9.17) is 29.9 Å². The Kier molecular flexibility index (Phi) is 36.6. The van der Waals surface area contributed by atoms with Gasteiger partial charge < -0.3 is 92.4 Å². The Morgan fingerprint density at radius 3 is 2.02 bits per heavy atom. The van der Waals surface area contributed by atoms with Crippen LogP contribution in [0.1, 0.15) is 163 Å². The second-order valence-corrected chi connectivity index (χ2v) is 36.5. The van der Waals surface area contributed by atoms with Crippen LogP contribution < -0.4 is 58.1 Å². The number of para-hydroxylation sites is 1. The Bertz CT molecular complexity index is 4870. The molecule has 8 amide bonds. The predicted molar refractivity (Wildman–Crippen MR) is 470 cm³/mol. The van der Waals surface area contributed by atoms with E-state index in [0.29, 0.717) is 49.1 Å². The molecule has 17 N–H and O–H groups in total. The second-order valence-electron chi connectivity index (χ2n) is 33.8. The van der Waals surface area contributed by atoms with Crippen LogP contribution in [-0.2, 0) is 101 Å². The number of aliphatic hydroxyl groups excluding tert-OH is 1. The van der Waals surface area contributed by atoms with Crippen LogP contribution in [0.3, 0.4) is 0 Å². The summed E-state index contributed by atoms with van der Waals surface area (Å²) < 4.78 is 16.4. The van der Waals surface area contributed by atoms with E-state index in [1.54, 1.807) is 67.8 Å². The van der Waals surface area contributed by atoms with Gasteiger partial charge in [0, 0.05) is 139 Å². The highest BCUT2D eigenvalue weighted by Crippen LogP contribution is 2.68. The lowest BCUT2D eigenvalue weighted by Crippen LogP contribution is -2.82. The number of aromatic nitrogens is 1. The molecule has 0 bridgehead atoms. The van der Waals surface area contributed by atoms with Crippen LogP contribution in [-0.4, -0.2) is 261 Å². The summed E-state index contributed by atoms with van der Waals surface area (Å²) in [6, 6.07) is 20.9. The van der Waals surface area contributed by atoms with E-state index in [9.17, 15) is 87.9 Å². The van der Waals surface area contributed by atoms with Gasteiger partial charge in [0.05, 0.1) is 44.0 Å². The van der Waals surface area contributed by atoms with Gasteiger partial charge in [-0.05, 0) is 124 Å². The summed E-state index contributed by atoms with van der Waals surface area (Å²) in [7, 11) is 5.51. The maximum absolute atomic E-state index is 15.2. The number of hydrogen-bond acceptors (Lipinski definition) is 27. The summed E-state index contributed by atoms with van der Waals surface area (Å²) >= 11 is 0. The van der Waals surface area contributed by atoms with Crippen molar-refractivity contribution in [1.29, 1.82) is 0 Å². The number of likely N-dealkylation sites (tertiary alicyclic amines) is 1. The van der Waals surface area contributed by atoms with E-state index in [-0.39, 0.29) is 80.3 Å². The minimum atomic E-state index is -2.52. The van der Waals surface area contributed by atoms with E-state index in [1.807, 2.05) is 31.0 Å². The molecular formula is C89H117N13O25S2. The first-order chi connectivity index (χ1) is 61.5. The number of aromatic amines is 1. The SMILES string of the molecule is CC[C@]1(C)CCCN(Cc2c([C@@H](C)c3cc4c(cc3OC)N(C)C3[C@]45CCN4CCC[C@@](CC)([C@@H](O)[C@]3(O)C(=O)NNC(=O)OCCSSC[C@H](CC(=O)[C@H](CC(=O)O)NC(=O)[C@@H](N)CNC(=O)[C@@H](CC(=O)[C@H](Cc3ccccc3)NC(=O)CCNC(=O)CC[C@H](NC(=O)N[C@@H](CCC(=O)O)OC=O)C(=O)O)Cc3ccccc3)C(=O)O)[C@H]45)[nH]c3ccccc23)C1.O=C=O. The summed E-state index contributed by atoms with van der Waals surface area (Å²) in [6.07, 6.45) is -2.68. The number of amides is 8. The number of benzene rings is 4. The third kappa shape index (κ3) is 25.1. The highest BCUT2D eigenvalue weighted by molar-refractivity contribution is 8.76. The van der Waals surface area contributed by atoms with Gasteiger partial charge in [-0.3, -0.25) is 68.0 Å². The van der Waals surface area contributed by atoms with Gasteiger partial charge in [0.1, 0.15) is 30.5 Å². The normalized spacial score (nSPS) is 22.0. The molecule has 15 atom stereocenters. The topological polar surface area (TPSA) is 570 Å². The van der Waals surface area contributed by atoms with Crippen LogP contribution in [0.5, 0.6) is 5.75 Å². The van der Waals surface area contributed by atoms with E-state index < -0.39 is 193 Å². The number of rotatable bonds is 47. The molecule has 129 heavy (non-hydrogen) atoms. The number of urea groups is 1. The number of Topliss-reactive ketones (excluding diaryl/α,β-unsaturated/α-hetero) is 2. The Morgan fingerprint density at radius 2 is 1.36 bits per heavy atom. The van der Waals surface area contributed by atoms with Crippen molar-refractivity contribution in [3.05, 3.63) is 131 Å². The fourth-order valence-corrected chi connectivity index (χ4v) is 21.3. The van der Waals surface area contributed by atoms with Crippen molar-refractivity contribution in [3.63, 3.8) is 0 Å². The molecule has 1 aliphatic carbocycles. The zero-order chi connectivity index (χ0) is 94.1. The molecule has 0 radical (unpaired) electrons. The van der Waals surface area contributed by atoms with Crippen molar-refractivity contribution in [2.75, 3.05) is 76.4 Å². The van der Waals surface area contributed by atoms with Gasteiger partial charge >= 0.3 is 42.2 Å². The zero-order valence-corrected chi connectivity index (χ0v) is 74.6. The number of anilines is 1. The minimum Gasteiger partial charge on any atom is -0.496 e. The molecule has 4 aliphatic heterocycles. The summed E-state index contributed by atoms with van der Waals surface area (Å²) in [5.41, 5.74) is 13.9. The Balaban J connectivity index is 0.00000617. The number of methoxy groups -OCH3 is 1. The first-order valence-electron chi connectivity index (χ1n) is 43.0. The van der Waals surface area contributed by atoms with Crippen LogP contribution in [0.2, 0.25) is 0 Å². The number of piperidine rings is 2. The summed E-state index contributed by atoms with van der Waals surface area (Å²) in [4.78, 5) is 209. The number of carboxylic acid groups (broad SMARTS) is 4. The standard InChI is InChI=1S/C88H117N13O23S2.CO2/c1-7-85(4)30-17-34-100(49-85)47-58-56-23-15-16-24-61(56)93-74(58)51(3)57-43-59-65(45-68(57)122-6)99(5)80-87(59)32-36-101-35-18-31-86(8-2,79(87)101)81(117)88(80,121)82(118)97-98-84(120)123-37-38-125-126-48-55(77(113)114)42-67(104)64(44-73(109)110)94-76(112)60(89)46-91-75(111)54(39-52-19-11-9-12-20-52)41-66(103)63(40-53-21-13-10-14-22-53)92-70(106)29-33-90-69(105)26-25-62(78(115)116)95-83(119)96-71(124-50-102)27-28-72(107)108;2-1-3/h9-16,19-24,43,45,50-51,54-55,60,62-64,71,79-81,93,117,121H,7-8,17-18,25-42,44,46-49,89H2,1-6H3,(H,90,105)(H,91,111)(H,92,106)(H,94,112)(H,97,118)(H,98,120)(H,107,108)(H,109,110)(H,113,114)(H,115,116)(H2,95,96,119);/t51-,54+,55-,60-,62-,63-,64-,71+,79-,80?,81+,85+,86+,87+,88-;/m0./s1. The number of nitrogens with two attached hydrogens (primary N) is 1. The molecule has 5 heterocycles. The predicted octanol–water partition coefficient (Wildman–Crippen LogP) is 4.33. The average Bonchev–Trinajstić information content (AvgIpc) is 1.49. The van der Waals surface area contributed by atoms with Gasteiger partial charge in [0.2, 0.25) is 23.6 Å². The molecule has 5 aliphatic rings. The van der Waals surface area contributed by atoms with E-state index in [2.05, 4.69) is 107 Å². The Hall–Kier alpha value is -11.5. The average molecular weight is 1830 g/mol. The fourth-order valence-electron chi connectivity index (χ4n) is 19.1. The monoisotopic (exact) mass is 1830 g/mol. The van der Waals surface area contributed by atoms with Crippen molar-refractivity contribution >= 4 is 128 Å². The molecule has 40 heteroatoms. The lowest BCUT2D eigenvalue weighted by molar-refractivity contribution is -0.222. The number of fused-ring (bicyclic) bond motifs is 2. The molecule has 1 unspecified atom stereocenters. The van der Waals surface area contributed by atoms with Crippen molar-refractivity contribution in [1.82, 2.24) is 57.5 Å². The lowest BCUT2D eigenvalue weighted by atomic mass is 9.46. The van der Waals surface area contributed by atoms with E-state index >= 15 is 4.79 Å². The molecule has 1 spiro atoms. The number of carboxylic acids is 4. The number of carbonyl (C=O) groups is 14. The van der Waals surface area contributed by atoms with Gasteiger partial charge in [0.15, 0.2) is 23.4 Å².